The zero-order valence-electron chi connectivity index (χ0n) is 21.7. The molecule has 194 valence electrons. The quantitative estimate of drug-likeness (QED) is 0.242. The van der Waals surface area contributed by atoms with Gasteiger partial charge in [-0.2, -0.15) is 5.26 Å². The van der Waals surface area contributed by atoms with Gasteiger partial charge in [0.1, 0.15) is 23.3 Å². The highest BCUT2D eigenvalue weighted by atomic mass is 32.2. The van der Waals surface area contributed by atoms with Crippen LogP contribution in [0.3, 0.4) is 0 Å². The number of imidazole rings is 1. The molecule has 0 aliphatic heterocycles. The fourth-order valence-corrected chi connectivity index (χ4v) is 5.80. The van der Waals surface area contributed by atoms with Crippen LogP contribution in [0.5, 0.6) is 0 Å². The number of aromatic nitrogens is 2. The predicted molar refractivity (Wildman–Crippen MR) is 139 cm³/mol. The van der Waals surface area contributed by atoms with Gasteiger partial charge in [0.15, 0.2) is 0 Å². The second kappa shape index (κ2) is 10.8. The number of benzene rings is 1. The fourth-order valence-electron chi connectivity index (χ4n) is 4.17. The molecule has 1 aliphatic carbocycles. The molecule has 0 radical (unpaired) electrons. The third kappa shape index (κ3) is 7.49. The Kier molecular flexibility index (Phi) is 8.70. The van der Waals surface area contributed by atoms with Gasteiger partial charge in [-0.3, -0.25) is 0 Å². The minimum Gasteiger partial charge on any atom is -0.598 e. The second-order valence-corrected chi connectivity index (χ2v) is 19.4. The summed E-state index contributed by atoms with van der Waals surface area (Å²) in [5.41, 5.74) is 1.95. The van der Waals surface area contributed by atoms with E-state index in [1.54, 1.807) is 18.2 Å². The lowest BCUT2D eigenvalue weighted by Gasteiger charge is -2.35. The van der Waals surface area contributed by atoms with E-state index in [9.17, 15) is 18.6 Å². The first-order valence-electron chi connectivity index (χ1n) is 12.2. The van der Waals surface area contributed by atoms with Gasteiger partial charge in [-0.25, -0.2) is 13.8 Å². The van der Waals surface area contributed by atoms with Gasteiger partial charge in [-0.05, 0) is 63.8 Å². The van der Waals surface area contributed by atoms with Gasteiger partial charge in [0.25, 0.3) is 0 Å². The highest BCUT2D eigenvalue weighted by molar-refractivity contribution is 7.90. The maximum Gasteiger partial charge on any atom is 0.248 e. The summed E-state index contributed by atoms with van der Waals surface area (Å²) in [6.07, 6.45) is 0.247. The van der Waals surface area contributed by atoms with E-state index in [1.165, 1.54) is 0 Å². The third-order valence-corrected chi connectivity index (χ3v) is 9.71. The maximum atomic E-state index is 14.0. The van der Waals surface area contributed by atoms with Crippen LogP contribution < -0.4 is 4.72 Å². The maximum absolute atomic E-state index is 14.0. The summed E-state index contributed by atoms with van der Waals surface area (Å²) in [5.74, 6) is -2.18. The van der Waals surface area contributed by atoms with E-state index >= 15 is 0 Å². The summed E-state index contributed by atoms with van der Waals surface area (Å²) in [6, 6.07) is 7.98. The number of rotatable bonds is 9. The minimum absolute atomic E-state index is 0.145. The van der Waals surface area contributed by atoms with Crippen molar-refractivity contribution < 1.29 is 18.1 Å². The summed E-state index contributed by atoms with van der Waals surface area (Å²) in [7, 11) is -1.28. The van der Waals surface area contributed by atoms with Crippen LogP contribution in [0, 0.1) is 17.2 Å². The first-order valence-corrected chi connectivity index (χ1v) is 17.1. The lowest BCUT2D eigenvalue weighted by molar-refractivity contribution is -0.0495. The average molecular weight is 525 g/mol. The van der Waals surface area contributed by atoms with E-state index in [1.807, 2.05) is 25.3 Å². The first-order chi connectivity index (χ1) is 16.2. The summed E-state index contributed by atoms with van der Waals surface area (Å²) < 4.78 is 51.8. The van der Waals surface area contributed by atoms with Crippen molar-refractivity contribution in [3.63, 3.8) is 0 Å². The molecule has 1 unspecified atom stereocenters. The summed E-state index contributed by atoms with van der Waals surface area (Å²) in [4.78, 5) is 4.86. The van der Waals surface area contributed by atoms with Gasteiger partial charge in [0, 0.05) is 38.9 Å². The number of hydrogen-bond donors (Lipinski definition) is 1. The van der Waals surface area contributed by atoms with Crippen LogP contribution in [0.1, 0.15) is 63.9 Å². The number of nitrogens with one attached hydrogen (secondary N) is 1. The molecule has 1 aromatic heterocycles. The van der Waals surface area contributed by atoms with E-state index in [0.717, 1.165) is 11.6 Å². The number of nitrogens with zero attached hydrogens (tertiary/aromatic N) is 3. The van der Waals surface area contributed by atoms with E-state index in [2.05, 4.69) is 30.4 Å². The zero-order valence-corrected chi connectivity index (χ0v) is 23.5. The van der Waals surface area contributed by atoms with Crippen molar-refractivity contribution in [1.82, 2.24) is 14.3 Å². The van der Waals surface area contributed by atoms with Crippen molar-refractivity contribution in [2.24, 2.45) is 5.92 Å². The van der Waals surface area contributed by atoms with Gasteiger partial charge >= 0.3 is 0 Å². The largest absolute Gasteiger partial charge is 0.598 e. The van der Waals surface area contributed by atoms with E-state index in [4.69, 9.17) is 9.72 Å². The molecule has 1 fully saturated rings. The molecule has 1 saturated carbocycles. The molecular weight excluding hydrogens is 486 g/mol. The van der Waals surface area contributed by atoms with Crippen LogP contribution in [0.2, 0.25) is 25.7 Å². The van der Waals surface area contributed by atoms with Crippen molar-refractivity contribution in [1.29, 1.82) is 5.26 Å². The molecule has 6 nitrogen and oxygen atoms in total. The monoisotopic (exact) mass is 524 g/mol. The molecule has 0 saturated heterocycles. The van der Waals surface area contributed by atoms with Crippen LogP contribution in [0.15, 0.2) is 18.2 Å². The Bertz CT molecular complexity index is 1050. The number of halogens is 2. The molecule has 0 spiro atoms. The number of ether oxygens (including phenoxy) is 1. The first kappa shape index (κ1) is 28.1. The molecule has 1 heterocycles. The van der Waals surface area contributed by atoms with Gasteiger partial charge in [-0.15, -0.1) is 4.72 Å². The Morgan fingerprint density at radius 3 is 2.54 bits per heavy atom. The van der Waals surface area contributed by atoms with Crippen molar-refractivity contribution in [3.05, 3.63) is 29.6 Å². The van der Waals surface area contributed by atoms with Crippen LogP contribution in [0.25, 0.3) is 11.0 Å². The highest BCUT2D eigenvalue weighted by Crippen LogP contribution is 2.42. The van der Waals surface area contributed by atoms with Gasteiger partial charge in [-0.1, -0.05) is 19.6 Å². The number of fused-ring (bicyclic) bond motifs is 1. The molecule has 10 heteroatoms. The SMILES string of the molecule is CC(C)(C)[S@@+]([O-])NC(c1nc2ccc(C#N)cc2n1COCC[Si](C)(C)C)C1CCC(F)(F)CC1. The Labute approximate surface area is 211 Å². The molecule has 35 heavy (non-hydrogen) atoms. The molecule has 2 atom stereocenters. The summed E-state index contributed by atoms with van der Waals surface area (Å²) in [6.45, 7) is 13.3. The lowest BCUT2D eigenvalue weighted by atomic mass is 9.82. The molecule has 1 N–H and O–H groups in total. The van der Waals surface area contributed by atoms with E-state index < -0.39 is 36.1 Å². The van der Waals surface area contributed by atoms with Crippen LogP contribution in [-0.4, -0.2) is 39.5 Å². The minimum atomic E-state index is -2.66. The average Bonchev–Trinajstić information content (AvgIpc) is 3.11. The van der Waals surface area contributed by atoms with Crippen molar-refractivity contribution in [2.45, 2.75) is 95.6 Å². The lowest BCUT2D eigenvalue weighted by Crippen LogP contribution is -2.45. The van der Waals surface area contributed by atoms with Gasteiger partial charge < -0.3 is 13.9 Å². The van der Waals surface area contributed by atoms with Gasteiger partial charge in [0.05, 0.1) is 22.7 Å². The summed E-state index contributed by atoms with van der Waals surface area (Å²) in [5, 5.41) is 9.44. The van der Waals surface area contributed by atoms with Crippen LogP contribution >= 0.6 is 0 Å². The topological polar surface area (TPSA) is 85.9 Å². The smallest absolute Gasteiger partial charge is 0.248 e. The Balaban J connectivity index is 2.01. The molecule has 2 aromatic rings. The Morgan fingerprint density at radius 1 is 1.31 bits per heavy atom. The number of nitriles is 1. The summed E-state index contributed by atoms with van der Waals surface area (Å²) >= 11 is -1.42. The van der Waals surface area contributed by atoms with E-state index in [-0.39, 0.29) is 25.5 Å². The highest BCUT2D eigenvalue weighted by Gasteiger charge is 2.42. The van der Waals surface area contributed by atoms with E-state index in [0.29, 0.717) is 36.4 Å². The number of alkyl halides is 2. The molecule has 3 rings (SSSR count). The van der Waals surface area contributed by atoms with Crippen molar-refractivity contribution in [2.75, 3.05) is 6.61 Å². The van der Waals surface area contributed by atoms with Crippen LogP contribution in [0.4, 0.5) is 8.78 Å². The normalized spacial score (nSPS) is 19.0. The number of hydrogen-bond acceptors (Lipinski definition) is 5. The predicted octanol–water partition coefficient (Wildman–Crippen LogP) is 6.14. The molecule has 1 aliphatic rings. The Hall–Kier alpha value is -1.51. The fraction of sp³-hybridized carbons (Fsp3) is 0.680. The molecular formula is C25H38F2N4O2SSi. The standard InChI is InChI=1S/C25H38F2N4O2SSi/c1-24(2,3)34(32)30-22(19-9-11-25(26,27)12-10-19)23-29-20-8-7-18(16-28)15-21(20)31(23)17-33-13-14-35(4,5)6/h7-8,15,19,22,30H,9-14,17H2,1-6H3/t22?,34-/m1/s1. The van der Waals surface area contributed by atoms with Crippen molar-refractivity contribution >= 4 is 30.5 Å². The van der Waals surface area contributed by atoms with Crippen molar-refractivity contribution in [3.8, 4) is 6.07 Å². The van der Waals surface area contributed by atoms with Gasteiger partial charge in [0.2, 0.25) is 5.92 Å². The molecule has 0 amide bonds. The van der Waals surface area contributed by atoms with Crippen LogP contribution in [-0.2, 0) is 22.8 Å². The zero-order chi connectivity index (χ0) is 26.0. The molecule has 0 bridgehead atoms. The molecule has 1 aromatic carbocycles. The second-order valence-electron chi connectivity index (χ2n) is 11.7. The third-order valence-electron chi connectivity index (χ3n) is 6.43. The Morgan fingerprint density at radius 2 is 1.97 bits per heavy atom.